The molecule has 0 radical (unpaired) electrons. The van der Waals surface area contributed by atoms with Crippen LogP contribution in [0.2, 0.25) is 0 Å². The smallest absolute Gasteiger partial charge is 0.253 e. The van der Waals surface area contributed by atoms with Crippen LogP contribution in [0.1, 0.15) is 28.9 Å². The van der Waals surface area contributed by atoms with Crippen LogP contribution in [0.5, 0.6) is 0 Å². The van der Waals surface area contributed by atoms with E-state index < -0.39 is 0 Å². The highest BCUT2D eigenvalue weighted by molar-refractivity contribution is 5.98. The van der Waals surface area contributed by atoms with Crippen molar-refractivity contribution in [3.8, 4) is 0 Å². The van der Waals surface area contributed by atoms with Gasteiger partial charge in [-0.2, -0.15) is 0 Å². The highest BCUT2D eigenvalue weighted by Crippen LogP contribution is 2.22. The van der Waals surface area contributed by atoms with Crippen molar-refractivity contribution in [1.82, 2.24) is 10.3 Å². The van der Waals surface area contributed by atoms with Gasteiger partial charge in [-0.3, -0.25) is 9.78 Å². The molecule has 1 aromatic rings. The summed E-state index contributed by atoms with van der Waals surface area (Å²) in [6.07, 6.45) is 3.31. The molecule has 1 N–H and O–H groups in total. The van der Waals surface area contributed by atoms with Crippen molar-refractivity contribution in [2.75, 3.05) is 0 Å². The Balaban J connectivity index is 2.60. The third kappa shape index (κ3) is 0.808. The normalized spacial score (nSPS) is 21.2. The van der Waals surface area contributed by atoms with Crippen LogP contribution in [0.15, 0.2) is 18.5 Å². The number of amides is 1. The van der Waals surface area contributed by atoms with Crippen molar-refractivity contribution in [2.45, 2.75) is 13.0 Å². The Morgan fingerprint density at radius 1 is 1.64 bits per heavy atom. The van der Waals surface area contributed by atoms with Gasteiger partial charge in [0.2, 0.25) is 0 Å². The molecule has 1 amide bonds. The zero-order valence-corrected chi connectivity index (χ0v) is 6.16. The van der Waals surface area contributed by atoms with Gasteiger partial charge in [-0.25, -0.2) is 0 Å². The summed E-state index contributed by atoms with van der Waals surface area (Å²) in [7, 11) is 0. The molecule has 0 aromatic carbocycles. The summed E-state index contributed by atoms with van der Waals surface area (Å²) in [6.45, 7) is 1.96. The number of fused-ring (bicyclic) bond motifs is 1. The lowest BCUT2D eigenvalue weighted by Gasteiger charge is -2.00. The van der Waals surface area contributed by atoms with E-state index in [1.54, 1.807) is 12.4 Å². The van der Waals surface area contributed by atoms with Crippen LogP contribution in [0.4, 0.5) is 0 Å². The molecule has 1 aromatic heterocycles. The number of carbonyl (C=O) groups is 1. The first kappa shape index (κ1) is 6.34. The Bertz CT molecular complexity index is 309. The van der Waals surface area contributed by atoms with E-state index in [0.29, 0.717) is 5.56 Å². The maximum atomic E-state index is 11.1. The van der Waals surface area contributed by atoms with Gasteiger partial charge in [-0.1, -0.05) is 0 Å². The van der Waals surface area contributed by atoms with Crippen molar-refractivity contribution in [1.29, 1.82) is 0 Å². The van der Waals surface area contributed by atoms with E-state index in [1.165, 1.54) is 0 Å². The fourth-order valence-corrected chi connectivity index (χ4v) is 1.32. The minimum absolute atomic E-state index is 0.0133. The molecule has 0 fully saturated rings. The number of pyridine rings is 1. The largest absolute Gasteiger partial charge is 0.345 e. The monoisotopic (exact) mass is 148 g/mol. The molecule has 0 spiro atoms. The highest BCUT2D eigenvalue weighted by atomic mass is 16.2. The SMILES string of the molecule is CC1NC(=O)c2cnccc21. The lowest BCUT2D eigenvalue weighted by atomic mass is 10.1. The van der Waals surface area contributed by atoms with Crippen LogP contribution >= 0.6 is 0 Å². The Kier molecular flexibility index (Phi) is 1.18. The molecule has 0 aliphatic carbocycles. The molecular weight excluding hydrogens is 140 g/mol. The molecule has 1 aliphatic rings. The quantitative estimate of drug-likeness (QED) is 0.593. The van der Waals surface area contributed by atoms with Crippen LogP contribution in [0.25, 0.3) is 0 Å². The van der Waals surface area contributed by atoms with Gasteiger partial charge in [0.15, 0.2) is 0 Å². The predicted octanol–water partition coefficient (Wildman–Crippen LogP) is 0.886. The van der Waals surface area contributed by atoms with Gasteiger partial charge >= 0.3 is 0 Å². The minimum atomic E-state index is -0.0133. The molecule has 1 unspecified atom stereocenters. The summed E-state index contributed by atoms with van der Waals surface area (Å²) < 4.78 is 0. The van der Waals surface area contributed by atoms with Crippen LogP contribution in [-0.4, -0.2) is 10.9 Å². The zero-order chi connectivity index (χ0) is 7.84. The number of nitrogens with one attached hydrogen (secondary N) is 1. The Morgan fingerprint density at radius 3 is 3.18 bits per heavy atom. The molecule has 0 bridgehead atoms. The number of aromatic nitrogens is 1. The van der Waals surface area contributed by atoms with Crippen LogP contribution < -0.4 is 5.32 Å². The van der Waals surface area contributed by atoms with Gasteiger partial charge in [0.1, 0.15) is 0 Å². The second-order valence-electron chi connectivity index (χ2n) is 2.66. The molecule has 3 nitrogen and oxygen atoms in total. The van der Waals surface area contributed by atoms with Gasteiger partial charge in [0, 0.05) is 12.4 Å². The average molecular weight is 148 g/mol. The Morgan fingerprint density at radius 2 is 2.45 bits per heavy atom. The van der Waals surface area contributed by atoms with Gasteiger partial charge < -0.3 is 5.32 Å². The lowest BCUT2D eigenvalue weighted by molar-refractivity contribution is 0.0958. The summed E-state index contributed by atoms with van der Waals surface area (Å²) in [6, 6.07) is 2.01. The standard InChI is InChI=1S/C8H8N2O/c1-5-6-2-3-9-4-7(6)8(11)10-5/h2-5H,1H3,(H,10,11). The molecule has 56 valence electrons. The predicted molar refractivity (Wildman–Crippen MR) is 40.1 cm³/mol. The summed E-state index contributed by atoms with van der Waals surface area (Å²) in [5, 5.41) is 2.80. The first-order valence-electron chi connectivity index (χ1n) is 3.54. The molecule has 1 atom stereocenters. The van der Waals surface area contributed by atoms with Gasteiger partial charge in [-0.05, 0) is 18.6 Å². The third-order valence-corrected chi connectivity index (χ3v) is 1.91. The van der Waals surface area contributed by atoms with Crippen molar-refractivity contribution >= 4 is 5.91 Å². The van der Waals surface area contributed by atoms with Crippen molar-refractivity contribution < 1.29 is 4.79 Å². The molecule has 0 saturated heterocycles. The van der Waals surface area contributed by atoms with Crippen molar-refractivity contribution in [3.63, 3.8) is 0 Å². The number of hydrogen-bond donors (Lipinski definition) is 1. The summed E-state index contributed by atoms with van der Waals surface area (Å²) in [5.41, 5.74) is 1.75. The van der Waals surface area contributed by atoms with Crippen molar-refractivity contribution in [3.05, 3.63) is 29.6 Å². The van der Waals surface area contributed by atoms with E-state index in [-0.39, 0.29) is 11.9 Å². The van der Waals surface area contributed by atoms with E-state index in [2.05, 4.69) is 10.3 Å². The average Bonchev–Trinajstić information content (AvgIpc) is 2.30. The third-order valence-electron chi connectivity index (χ3n) is 1.91. The maximum absolute atomic E-state index is 11.1. The summed E-state index contributed by atoms with van der Waals surface area (Å²) in [4.78, 5) is 15.0. The second-order valence-corrected chi connectivity index (χ2v) is 2.66. The van der Waals surface area contributed by atoms with Crippen LogP contribution in [0, 0.1) is 0 Å². The van der Waals surface area contributed by atoms with E-state index >= 15 is 0 Å². The topological polar surface area (TPSA) is 42.0 Å². The minimum Gasteiger partial charge on any atom is -0.345 e. The van der Waals surface area contributed by atoms with E-state index in [4.69, 9.17) is 0 Å². The Hall–Kier alpha value is -1.38. The van der Waals surface area contributed by atoms with Crippen LogP contribution in [-0.2, 0) is 0 Å². The number of hydrogen-bond acceptors (Lipinski definition) is 2. The van der Waals surface area contributed by atoms with Crippen LogP contribution in [0.3, 0.4) is 0 Å². The fourth-order valence-electron chi connectivity index (χ4n) is 1.32. The number of rotatable bonds is 0. The zero-order valence-electron chi connectivity index (χ0n) is 6.16. The lowest BCUT2D eigenvalue weighted by Crippen LogP contribution is -2.16. The van der Waals surface area contributed by atoms with E-state index in [1.807, 2.05) is 13.0 Å². The first-order valence-corrected chi connectivity index (χ1v) is 3.54. The second kappa shape index (κ2) is 2.05. The summed E-state index contributed by atoms with van der Waals surface area (Å²) >= 11 is 0. The van der Waals surface area contributed by atoms with E-state index in [0.717, 1.165) is 5.56 Å². The van der Waals surface area contributed by atoms with E-state index in [9.17, 15) is 4.79 Å². The molecular formula is C8H8N2O. The number of carbonyl (C=O) groups excluding carboxylic acids is 1. The Labute approximate surface area is 64.5 Å². The molecule has 11 heavy (non-hydrogen) atoms. The molecule has 2 rings (SSSR count). The fraction of sp³-hybridized carbons (Fsp3) is 0.250. The number of nitrogens with zero attached hydrogens (tertiary/aromatic N) is 1. The molecule has 0 saturated carbocycles. The molecule has 1 aliphatic heterocycles. The first-order chi connectivity index (χ1) is 5.29. The van der Waals surface area contributed by atoms with Gasteiger partial charge in [-0.15, -0.1) is 0 Å². The molecule has 3 heteroatoms. The molecule has 2 heterocycles. The summed E-state index contributed by atoms with van der Waals surface area (Å²) in [5.74, 6) is -0.0133. The highest BCUT2D eigenvalue weighted by Gasteiger charge is 2.24. The maximum Gasteiger partial charge on any atom is 0.253 e. The van der Waals surface area contributed by atoms with Crippen molar-refractivity contribution in [2.24, 2.45) is 0 Å². The van der Waals surface area contributed by atoms with Gasteiger partial charge in [0.25, 0.3) is 5.91 Å². The van der Waals surface area contributed by atoms with Gasteiger partial charge in [0.05, 0.1) is 11.6 Å².